The van der Waals surface area contributed by atoms with E-state index in [4.69, 9.17) is 0 Å². The van der Waals surface area contributed by atoms with Crippen molar-refractivity contribution in [1.29, 1.82) is 0 Å². The lowest BCUT2D eigenvalue weighted by Gasteiger charge is -2.38. The highest BCUT2D eigenvalue weighted by atomic mass is 19.1. The summed E-state index contributed by atoms with van der Waals surface area (Å²) < 4.78 is 14.9. The maximum absolute atomic E-state index is 14.9. The summed E-state index contributed by atoms with van der Waals surface area (Å²) >= 11 is 0. The summed E-state index contributed by atoms with van der Waals surface area (Å²) in [5.41, 5.74) is 1.13. The van der Waals surface area contributed by atoms with Crippen LogP contribution in [0.2, 0.25) is 0 Å². The van der Waals surface area contributed by atoms with Crippen LogP contribution in [0.25, 0.3) is 10.8 Å². The molecule has 9 nitrogen and oxygen atoms in total. The average Bonchev–Trinajstić information content (AvgIpc) is 3.05. The number of hydrogen-bond donors (Lipinski definition) is 1. The Kier molecular flexibility index (Phi) is 9.37. The molecule has 0 radical (unpaired) electrons. The molecule has 0 saturated carbocycles. The Bertz CT molecular complexity index is 1540. The molecule has 6 rings (SSSR count). The van der Waals surface area contributed by atoms with Crippen LogP contribution in [-0.2, 0) is 11.2 Å². The van der Waals surface area contributed by atoms with E-state index in [-0.39, 0.29) is 22.9 Å². The van der Waals surface area contributed by atoms with Gasteiger partial charge in [-0.1, -0.05) is 24.3 Å². The van der Waals surface area contributed by atoms with Crippen LogP contribution in [0.1, 0.15) is 53.7 Å². The number of halogens is 1. The van der Waals surface area contributed by atoms with Crippen LogP contribution in [0.15, 0.2) is 47.3 Å². The van der Waals surface area contributed by atoms with Crippen LogP contribution in [0, 0.1) is 17.7 Å². The summed E-state index contributed by atoms with van der Waals surface area (Å²) in [4.78, 5) is 46.8. The van der Waals surface area contributed by atoms with E-state index in [9.17, 15) is 18.8 Å². The van der Waals surface area contributed by atoms with Gasteiger partial charge in [0.2, 0.25) is 5.91 Å². The lowest BCUT2D eigenvalue weighted by atomic mass is 9.83. The number of likely N-dealkylation sites (tertiary alicyclic amines) is 2. The molecule has 3 aliphatic rings. The standard InChI is InChI=1S/C34H43FN6O3/c1-38-12-8-24(9-13-38)20-25-10-14-39(15-11-25)23-32(42)40-16-18-41(19-17-40)34(44)29-21-26(6-7-30(29)35)22-31-27-4-2-3-5-28(27)33(43)37-36-31/h2-7,21,24-25H,8-20,22-23H2,1H3,(H,37,43). The van der Waals surface area contributed by atoms with E-state index in [0.717, 1.165) is 35.9 Å². The van der Waals surface area contributed by atoms with Crippen LogP contribution >= 0.6 is 0 Å². The fourth-order valence-electron chi connectivity index (χ4n) is 7.12. The number of H-pyrrole nitrogens is 1. The molecule has 0 atom stereocenters. The van der Waals surface area contributed by atoms with Gasteiger partial charge in [-0.05, 0) is 101 Å². The SMILES string of the molecule is CN1CCC(CC2CCN(CC(=O)N3CCN(C(=O)c4cc(Cc5n[nH]c(=O)c6ccccc56)ccc4F)CC3)CC2)CC1. The third-order valence-corrected chi connectivity index (χ3v) is 9.90. The molecule has 3 saturated heterocycles. The molecule has 0 aliphatic carbocycles. The fourth-order valence-corrected chi connectivity index (χ4v) is 7.12. The van der Waals surface area contributed by atoms with Gasteiger partial charge in [-0.3, -0.25) is 19.3 Å². The molecular weight excluding hydrogens is 559 g/mol. The number of piperazine rings is 1. The molecule has 44 heavy (non-hydrogen) atoms. The summed E-state index contributed by atoms with van der Waals surface area (Å²) in [6.45, 7) is 6.45. The molecule has 1 aromatic heterocycles. The van der Waals surface area contributed by atoms with Crippen molar-refractivity contribution in [2.75, 3.05) is 66.0 Å². The topological polar surface area (TPSA) is 92.8 Å². The fraction of sp³-hybridized carbons (Fsp3) is 0.529. The van der Waals surface area contributed by atoms with Gasteiger partial charge in [0, 0.05) is 38.0 Å². The number of fused-ring (bicyclic) bond motifs is 1. The number of amides is 2. The third-order valence-electron chi connectivity index (χ3n) is 9.90. The Morgan fingerprint density at radius 3 is 2.20 bits per heavy atom. The van der Waals surface area contributed by atoms with Gasteiger partial charge in [0.05, 0.1) is 23.2 Å². The molecular formula is C34H43FN6O3. The van der Waals surface area contributed by atoms with E-state index in [1.807, 2.05) is 17.0 Å². The number of nitrogens with one attached hydrogen (secondary N) is 1. The quantitative estimate of drug-likeness (QED) is 0.446. The van der Waals surface area contributed by atoms with E-state index in [1.54, 1.807) is 29.2 Å². The summed E-state index contributed by atoms with van der Waals surface area (Å²) in [6, 6.07) is 11.7. The molecule has 1 N–H and O–H groups in total. The van der Waals surface area contributed by atoms with Crippen molar-refractivity contribution in [3.05, 3.63) is 75.5 Å². The van der Waals surface area contributed by atoms with Crippen molar-refractivity contribution >= 4 is 22.6 Å². The number of carbonyl (C=O) groups excluding carboxylic acids is 2. The first-order valence-electron chi connectivity index (χ1n) is 16.1. The number of hydrogen-bond acceptors (Lipinski definition) is 6. The monoisotopic (exact) mass is 602 g/mol. The number of nitrogens with zero attached hydrogens (tertiary/aromatic N) is 5. The highest BCUT2D eigenvalue weighted by Crippen LogP contribution is 2.29. The van der Waals surface area contributed by atoms with Crippen molar-refractivity contribution in [3.63, 3.8) is 0 Å². The summed E-state index contributed by atoms with van der Waals surface area (Å²) in [7, 11) is 2.21. The average molecular weight is 603 g/mol. The number of aromatic amines is 1. The van der Waals surface area contributed by atoms with Crippen molar-refractivity contribution in [2.45, 2.75) is 38.5 Å². The zero-order valence-electron chi connectivity index (χ0n) is 25.6. The van der Waals surface area contributed by atoms with Crippen molar-refractivity contribution < 1.29 is 14.0 Å². The van der Waals surface area contributed by atoms with E-state index >= 15 is 0 Å². The highest BCUT2D eigenvalue weighted by Gasteiger charge is 2.29. The molecule has 3 aliphatic heterocycles. The molecule has 10 heteroatoms. The largest absolute Gasteiger partial charge is 0.338 e. The van der Waals surface area contributed by atoms with Gasteiger partial charge in [0.25, 0.3) is 11.5 Å². The molecule has 3 aromatic rings. The summed E-state index contributed by atoms with van der Waals surface area (Å²) in [6.07, 6.45) is 6.63. The second kappa shape index (κ2) is 13.6. The normalized spacial score (nSPS) is 19.5. The first-order valence-corrected chi connectivity index (χ1v) is 16.1. The van der Waals surface area contributed by atoms with E-state index in [0.29, 0.717) is 50.2 Å². The van der Waals surface area contributed by atoms with Gasteiger partial charge in [-0.2, -0.15) is 5.10 Å². The maximum atomic E-state index is 14.9. The van der Waals surface area contributed by atoms with E-state index < -0.39 is 5.82 Å². The third kappa shape index (κ3) is 7.02. The van der Waals surface area contributed by atoms with Crippen LogP contribution in [0.4, 0.5) is 4.39 Å². The Balaban J connectivity index is 0.992. The van der Waals surface area contributed by atoms with Crippen molar-refractivity contribution in [1.82, 2.24) is 29.8 Å². The maximum Gasteiger partial charge on any atom is 0.272 e. The van der Waals surface area contributed by atoms with Crippen LogP contribution in [-0.4, -0.2) is 108 Å². The second-order valence-electron chi connectivity index (χ2n) is 12.9. The Labute approximate surface area is 258 Å². The predicted octanol–water partition coefficient (Wildman–Crippen LogP) is 3.38. The van der Waals surface area contributed by atoms with Gasteiger partial charge in [-0.25, -0.2) is 9.49 Å². The minimum absolute atomic E-state index is 0.0131. The predicted molar refractivity (Wildman–Crippen MR) is 168 cm³/mol. The first kappa shape index (κ1) is 30.4. The molecule has 234 valence electrons. The van der Waals surface area contributed by atoms with Gasteiger partial charge in [0.15, 0.2) is 0 Å². The van der Waals surface area contributed by atoms with Crippen LogP contribution < -0.4 is 5.56 Å². The molecule has 0 bridgehead atoms. The molecule has 2 amide bonds. The summed E-state index contributed by atoms with van der Waals surface area (Å²) in [5, 5.41) is 8.01. The second-order valence-corrected chi connectivity index (χ2v) is 12.9. The Morgan fingerprint density at radius 2 is 1.50 bits per heavy atom. The zero-order chi connectivity index (χ0) is 30.6. The zero-order valence-corrected chi connectivity index (χ0v) is 25.6. The minimum Gasteiger partial charge on any atom is -0.338 e. The van der Waals surface area contributed by atoms with Crippen LogP contribution in [0.5, 0.6) is 0 Å². The van der Waals surface area contributed by atoms with Gasteiger partial charge in [0.1, 0.15) is 5.82 Å². The van der Waals surface area contributed by atoms with Crippen molar-refractivity contribution in [2.24, 2.45) is 11.8 Å². The number of benzene rings is 2. The number of rotatable bonds is 7. The molecule has 2 aromatic carbocycles. The van der Waals surface area contributed by atoms with Crippen molar-refractivity contribution in [3.8, 4) is 0 Å². The summed E-state index contributed by atoms with van der Waals surface area (Å²) in [5.74, 6) is 0.792. The Hall–Kier alpha value is -3.63. The van der Waals surface area contributed by atoms with E-state index in [2.05, 4.69) is 27.0 Å². The Morgan fingerprint density at radius 1 is 0.864 bits per heavy atom. The lowest BCUT2D eigenvalue weighted by Crippen LogP contribution is -2.53. The number of aromatic nitrogens is 2. The molecule has 0 unspecified atom stereocenters. The highest BCUT2D eigenvalue weighted by molar-refractivity contribution is 5.95. The lowest BCUT2D eigenvalue weighted by molar-refractivity contribution is -0.134. The van der Waals surface area contributed by atoms with Gasteiger partial charge in [-0.15, -0.1) is 0 Å². The molecule has 4 heterocycles. The smallest absolute Gasteiger partial charge is 0.272 e. The minimum atomic E-state index is -0.573. The van der Waals surface area contributed by atoms with Gasteiger partial charge >= 0.3 is 0 Å². The van der Waals surface area contributed by atoms with E-state index in [1.165, 1.54) is 51.3 Å². The number of piperidine rings is 2. The van der Waals surface area contributed by atoms with Gasteiger partial charge < -0.3 is 14.7 Å². The van der Waals surface area contributed by atoms with Crippen LogP contribution in [0.3, 0.4) is 0 Å². The molecule has 0 spiro atoms. The first-order chi connectivity index (χ1) is 21.3. The number of carbonyl (C=O) groups is 2. The molecule has 3 fully saturated rings.